The topological polar surface area (TPSA) is 243 Å². The van der Waals surface area contributed by atoms with Gasteiger partial charge in [0.1, 0.15) is 31.1 Å². The number of pyridine rings is 1. The highest BCUT2D eigenvalue weighted by atomic mass is 32.2. The van der Waals surface area contributed by atoms with Crippen LogP contribution in [0.4, 0.5) is 5.13 Å². The van der Waals surface area contributed by atoms with Crippen LogP contribution in [0, 0.1) is 0 Å². The normalized spacial score (nSPS) is 23.5. The Kier molecular flexibility index (Phi) is 9.29. The van der Waals surface area contributed by atoms with E-state index in [1.165, 1.54) is 11.3 Å². The van der Waals surface area contributed by atoms with E-state index < -0.39 is 53.6 Å². The average Bonchev–Trinajstić information content (AvgIpc) is 3.60. The fourth-order valence-electron chi connectivity index (χ4n) is 4.23. The Balaban J connectivity index is 1.30. The molecule has 2 aliphatic heterocycles. The van der Waals surface area contributed by atoms with Crippen LogP contribution in [0.15, 0.2) is 39.4 Å². The van der Waals surface area contributed by atoms with E-state index in [2.05, 4.69) is 24.8 Å². The molecule has 3 aromatic heterocycles. The van der Waals surface area contributed by atoms with Gasteiger partial charge in [0.15, 0.2) is 21.7 Å². The standard InChI is InChI=1S/C22H23N8O9PS4/c1-3-39-26-12(15-25-20(44-28-15)27-40(36,37)38)16(31)24-13-17(32)30-14(19(33)34)22(35,9-42-18(13)30)43-21-23-11(8-41-21)10-4-6-29(2)7-5-10/h4-8,13-14,18,35H,3,9H2,1-2H3,(H4-,24,25,27,28,31,33,34,36,37,38)/b26-12-/t13-,14?,18-,22?/m1/s1. The van der Waals surface area contributed by atoms with E-state index in [-0.39, 0.29) is 23.3 Å². The molecule has 22 heteroatoms. The van der Waals surface area contributed by atoms with Gasteiger partial charge in [0, 0.05) is 40.4 Å². The Morgan fingerprint density at radius 1 is 1.34 bits per heavy atom. The van der Waals surface area contributed by atoms with E-state index in [0.717, 1.165) is 34.0 Å². The second kappa shape index (κ2) is 12.7. The Morgan fingerprint density at radius 2 is 2.07 bits per heavy atom. The molecule has 4 atom stereocenters. The zero-order valence-corrected chi connectivity index (χ0v) is 26.7. The van der Waals surface area contributed by atoms with Crippen molar-refractivity contribution >= 4 is 82.8 Å². The summed E-state index contributed by atoms with van der Waals surface area (Å²) in [5.74, 6) is -3.89. The minimum Gasteiger partial charge on any atom is -0.548 e. The number of nitrogens with one attached hydrogen (secondary N) is 2. The third-order valence-electron chi connectivity index (χ3n) is 6.16. The number of carboxylic acid groups (broad SMARTS) is 1. The Hall–Kier alpha value is -3.17. The highest BCUT2D eigenvalue weighted by molar-refractivity contribution is 8.05. The molecule has 3 aromatic rings. The van der Waals surface area contributed by atoms with Crippen molar-refractivity contribution in [1.29, 1.82) is 0 Å². The number of β-lactam (4-membered cyclic amide) rings is 1. The summed E-state index contributed by atoms with van der Waals surface area (Å²) in [4.78, 5) is 69.1. The van der Waals surface area contributed by atoms with Gasteiger partial charge in [-0.05, 0) is 6.92 Å². The third-order valence-corrected chi connectivity index (χ3v) is 11.2. The maximum atomic E-state index is 13.2. The molecular formula is C22H23N8O9PS4. The van der Waals surface area contributed by atoms with Crippen molar-refractivity contribution in [3.63, 3.8) is 0 Å². The molecule has 2 fully saturated rings. The summed E-state index contributed by atoms with van der Waals surface area (Å²) in [6.07, 6.45) is 3.70. The number of fused-ring (bicyclic) bond motifs is 1. The monoisotopic (exact) mass is 702 g/mol. The van der Waals surface area contributed by atoms with Crippen LogP contribution in [0.25, 0.3) is 11.3 Å². The number of rotatable bonds is 11. The van der Waals surface area contributed by atoms with Gasteiger partial charge in [-0.1, -0.05) is 16.9 Å². The number of amides is 2. The van der Waals surface area contributed by atoms with Crippen molar-refractivity contribution in [1.82, 2.24) is 24.6 Å². The Bertz CT molecular complexity index is 1660. The lowest BCUT2D eigenvalue weighted by atomic mass is 9.99. The lowest BCUT2D eigenvalue weighted by Crippen LogP contribution is -2.80. The molecule has 0 bridgehead atoms. The van der Waals surface area contributed by atoms with E-state index in [1.807, 2.05) is 41.2 Å². The van der Waals surface area contributed by atoms with Crippen molar-refractivity contribution in [3.8, 4) is 11.3 Å². The number of carboxylic acids is 1. The predicted octanol–water partition coefficient (Wildman–Crippen LogP) is -1.27. The van der Waals surface area contributed by atoms with Crippen LogP contribution < -0.4 is 20.1 Å². The van der Waals surface area contributed by atoms with Crippen LogP contribution in [0.1, 0.15) is 12.7 Å². The summed E-state index contributed by atoms with van der Waals surface area (Å²) >= 11 is 3.64. The minimum absolute atomic E-state index is 0.0529. The number of thiazole rings is 1. The quantitative estimate of drug-likeness (QED) is 0.0391. The molecule has 2 aliphatic rings. The van der Waals surface area contributed by atoms with Gasteiger partial charge in [-0.25, -0.2) is 14.1 Å². The molecule has 2 saturated heterocycles. The summed E-state index contributed by atoms with van der Waals surface area (Å²) in [5.41, 5.74) is 0.988. The van der Waals surface area contributed by atoms with Crippen LogP contribution in [0.2, 0.25) is 0 Å². The molecule has 2 unspecified atom stereocenters. The van der Waals surface area contributed by atoms with E-state index in [4.69, 9.17) is 14.6 Å². The highest BCUT2D eigenvalue weighted by Gasteiger charge is 2.61. The molecular weight excluding hydrogens is 680 g/mol. The third kappa shape index (κ3) is 6.74. The molecule has 2 amide bonds. The molecule has 5 rings (SSSR count). The molecule has 0 spiro atoms. The smallest absolute Gasteiger partial charge is 0.429 e. The molecule has 17 nitrogen and oxygen atoms in total. The lowest BCUT2D eigenvalue weighted by molar-refractivity contribution is -0.671. The molecule has 0 aliphatic carbocycles. The largest absolute Gasteiger partial charge is 0.548 e. The summed E-state index contributed by atoms with van der Waals surface area (Å²) in [7, 11) is -2.83. The number of carbonyl (C=O) groups is 3. The van der Waals surface area contributed by atoms with Crippen LogP contribution >= 0.6 is 54.1 Å². The van der Waals surface area contributed by atoms with Gasteiger partial charge in [0.25, 0.3) is 5.91 Å². The number of hydrogen-bond donors (Lipinski definition) is 5. The van der Waals surface area contributed by atoms with E-state index in [1.54, 1.807) is 12.3 Å². The molecule has 5 N–H and O–H groups in total. The van der Waals surface area contributed by atoms with Crippen molar-refractivity contribution < 1.29 is 48.4 Å². The van der Waals surface area contributed by atoms with Gasteiger partial charge in [0.05, 0.1) is 11.7 Å². The van der Waals surface area contributed by atoms with E-state index in [0.29, 0.717) is 21.6 Å². The summed E-state index contributed by atoms with van der Waals surface area (Å²) in [6.45, 7) is 1.64. The second-order valence-corrected chi connectivity index (χ2v) is 14.8. The van der Waals surface area contributed by atoms with Crippen LogP contribution in [0.5, 0.6) is 0 Å². The number of aliphatic carboxylic acids is 1. The predicted molar refractivity (Wildman–Crippen MR) is 157 cm³/mol. The number of aromatic nitrogens is 4. The number of anilines is 1. The zero-order valence-electron chi connectivity index (χ0n) is 22.6. The fourth-order valence-corrected chi connectivity index (χ4v) is 9.33. The van der Waals surface area contributed by atoms with Crippen molar-refractivity contribution in [2.75, 3.05) is 17.4 Å². The van der Waals surface area contributed by atoms with E-state index in [9.17, 15) is 29.2 Å². The Morgan fingerprint density at radius 3 is 2.73 bits per heavy atom. The van der Waals surface area contributed by atoms with Crippen molar-refractivity contribution in [2.24, 2.45) is 12.2 Å². The van der Waals surface area contributed by atoms with Gasteiger partial charge in [-0.3, -0.25) is 14.7 Å². The molecule has 5 heterocycles. The number of aliphatic hydroxyl groups is 1. The first-order chi connectivity index (χ1) is 20.8. The Labute approximate surface area is 265 Å². The van der Waals surface area contributed by atoms with Crippen LogP contribution in [-0.2, 0) is 30.8 Å². The zero-order chi connectivity index (χ0) is 31.8. The first-order valence-corrected chi connectivity index (χ1v) is 17.6. The molecule has 0 aromatic carbocycles. The van der Waals surface area contributed by atoms with Gasteiger partial charge in [0.2, 0.25) is 22.6 Å². The number of carbonyl (C=O) groups excluding carboxylic acids is 3. The number of oxime groups is 1. The van der Waals surface area contributed by atoms with Gasteiger partial charge in [-0.2, -0.15) is 9.36 Å². The highest BCUT2D eigenvalue weighted by Crippen LogP contribution is 2.49. The summed E-state index contributed by atoms with van der Waals surface area (Å²) < 4.78 is 17.3. The molecule has 0 saturated carbocycles. The summed E-state index contributed by atoms with van der Waals surface area (Å²) in [6, 6.07) is 0.779. The maximum absolute atomic E-state index is 13.2. The first kappa shape index (κ1) is 32.2. The van der Waals surface area contributed by atoms with Gasteiger partial charge < -0.3 is 39.8 Å². The van der Waals surface area contributed by atoms with Crippen molar-refractivity contribution in [2.45, 2.75) is 33.7 Å². The van der Waals surface area contributed by atoms with E-state index >= 15 is 0 Å². The summed E-state index contributed by atoms with van der Waals surface area (Å²) in [5, 5.41) is 32.4. The minimum atomic E-state index is -4.70. The number of thioether (sulfide) groups is 2. The maximum Gasteiger partial charge on any atom is 0.429 e. The van der Waals surface area contributed by atoms with Crippen LogP contribution in [-0.4, -0.2) is 92.4 Å². The number of hydrogen-bond acceptors (Lipinski definition) is 15. The SMILES string of the molecule is CCO/N=C(\C(=O)N[C@@H]1C(=O)N2C(C(=O)[O-])C(O)(Sc3nc(-c4cc[n+](C)cc4)cs3)CS[C@H]12)c1nsc(NP(=O)(O)O)n1. The van der Waals surface area contributed by atoms with Gasteiger partial charge in [-0.15, -0.1) is 23.1 Å². The first-order valence-electron chi connectivity index (χ1n) is 12.5. The van der Waals surface area contributed by atoms with Gasteiger partial charge >= 0.3 is 7.75 Å². The lowest BCUT2D eigenvalue weighted by Gasteiger charge is -2.57. The van der Waals surface area contributed by atoms with Crippen LogP contribution in [0.3, 0.4) is 0 Å². The molecule has 44 heavy (non-hydrogen) atoms. The molecule has 0 radical (unpaired) electrons. The van der Waals surface area contributed by atoms with Crippen molar-refractivity contribution in [3.05, 3.63) is 35.7 Å². The second-order valence-electron chi connectivity index (χ2n) is 9.25. The number of aryl methyl sites for hydroxylation is 1. The molecule has 234 valence electrons. The fraction of sp³-hybridized carbons (Fsp3) is 0.364. The number of nitrogens with zero attached hydrogens (tertiary/aromatic N) is 6. The average molecular weight is 703 g/mol.